The summed E-state index contributed by atoms with van der Waals surface area (Å²) in [6.07, 6.45) is 0.699. The summed E-state index contributed by atoms with van der Waals surface area (Å²) in [5, 5.41) is -2.81. The molecule has 9 heteroatoms. The number of hydrogen-bond acceptors (Lipinski definition) is 6. The maximum absolute atomic E-state index is 15.8. The normalized spacial score (nSPS) is 13.5. The van der Waals surface area contributed by atoms with Crippen molar-refractivity contribution in [1.29, 1.82) is 0 Å². The lowest BCUT2D eigenvalue weighted by Gasteiger charge is -2.36. The van der Waals surface area contributed by atoms with Gasteiger partial charge in [-0.05, 0) is 34.1 Å². The van der Waals surface area contributed by atoms with E-state index in [1.165, 1.54) is 0 Å². The van der Waals surface area contributed by atoms with Gasteiger partial charge in [-0.15, -0.1) is 0 Å². The lowest BCUT2D eigenvalue weighted by molar-refractivity contribution is 0.130. The van der Waals surface area contributed by atoms with Gasteiger partial charge in [-0.2, -0.15) is 0 Å². The topological polar surface area (TPSA) is 71.1 Å². The highest BCUT2D eigenvalue weighted by Gasteiger charge is 2.66. The van der Waals surface area contributed by atoms with Crippen LogP contribution in [0, 0.1) is 0 Å². The molecule has 0 amide bonds. The van der Waals surface area contributed by atoms with Crippen molar-refractivity contribution in [2.45, 2.75) is 59.0 Å². The monoisotopic (exact) mass is 362 g/mol. The molecule has 0 aromatic carbocycles. The van der Waals surface area contributed by atoms with Crippen LogP contribution in [0.2, 0.25) is 0 Å². The third-order valence-corrected chi connectivity index (χ3v) is 8.87. The molecule has 0 aromatic heterocycles. The van der Waals surface area contributed by atoms with E-state index >= 15 is 4.39 Å². The first-order valence-electron chi connectivity index (χ1n) is 7.78. The first kappa shape index (κ1) is 22.2. The average molecular weight is 362 g/mol. The number of alkyl halides is 1. The predicted octanol–water partition coefficient (Wildman–Crippen LogP) is 5.33. The Kier molecular flexibility index (Phi) is 10.3. The molecule has 22 heavy (non-hydrogen) atoms. The van der Waals surface area contributed by atoms with E-state index in [0.717, 1.165) is 0 Å². The second-order valence-electron chi connectivity index (χ2n) is 4.49. The Bertz CT molecular complexity index is 354. The summed E-state index contributed by atoms with van der Waals surface area (Å²) in [6, 6.07) is 0. The highest BCUT2D eigenvalue weighted by atomic mass is 31.2. The zero-order chi connectivity index (χ0) is 17.3. The van der Waals surface area contributed by atoms with Crippen molar-refractivity contribution >= 4 is 15.2 Å². The molecule has 0 atom stereocenters. The van der Waals surface area contributed by atoms with Crippen LogP contribution in [0.3, 0.4) is 0 Å². The number of halogens is 1. The van der Waals surface area contributed by atoms with Gasteiger partial charge < -0.3 is 18.1 Å². The van der Waals surface area contributed by atoms with Crippen LogP contribution in [0.4, 0.5) is 4.39 Å². The lowest BCUT2D eigenvalue weighted by Crippen LogP contribution is -2.28. The summed E-state index contributed by atoms with van der Waals surface area (Å²) < 4.78 is 62.2. The Labute approximate surface area is 133 Å². The number of unbranched alkanes of at least 4 members (excludes halogenated alkanes) is 1. The molecule has 0 aliphatic rings. The first-order valence-corrected chi connectivity index (χ1v) is 10.9. The van der Waals surface area contributed by atoms with Gasteiger partial charge in [-0.3, -0.25) is 9.13 Å². The zero-order valence-corrected chi connectivity index (χ0v) is 16.0. The SMILES string of the molecule is CCCCC(F)(P(=O)(OCC)OCC)P(=O)(OCC)OCC. The molecule has 134 valence electrons. The van der Waals surface area contributed by atoms with E-state index in [4.69, 9.17) is 18.1 Å². The molecule has 0 saturated heterocycles. The molecule has 0 unspecified atom stereocenters. The molecule has 0 heterocycles. The minimum atomic E-state index is -4.33. The van der Waals surface area contributed by atoms with E-state index in [9.17, 15) is 9.13 Å². The van der Waals surface area contributed by atoms with Crippen LogP contribution in [-0.4, -0.2) is 31.6 Å². The Morgan fingerprint density at radius 3 is 1.32 bits per heavy atom. The van der Waals surface area contributed by atoms with Crippen LogP contribution in [0.15, 0.2) is 0 Å². The van der Waals surface area contributed by atoms with Crippen molar-refractivity contribution in [1.82, 2.24) is 0 Å². The summed E-state index contributed by atoms with van der Waals surface area (Å²) in [5.74, 6) is 0. The van der Waals surface area contributed by atoms with Crippen LogP contribution < -0.4 is 0 Å². The van der Waals surface area contributed by atoms with Crippen LogP contribution in [0.1, 0.15) is 53.9 Å². The van der Waals surface area contributed by atoms with Crippen molar-refractivity contribution in [2.75, 3.05) is 26.4 Å². The number of hydrogen-bond donors (Lipinski definition) is 0. The van der Waals surface area contributed by atoms with E-state index in [1.54, 1.807) is 27.7 Å². The van der Waals surface area contributed by atoms with Crippen LogP contribution in [-0.2, 0) is 27.2 Å². The Morgan fingerprint density at radius 2 is 1.09 bits per heavy atom. The van der Waals surface area contributed by atoms with E-state index in [1.807, 2.05) is 6.92 Å². The molecular formula is C13H29FO6P2. The van der Waals surface area contributed by atoms with Crippen LogP contribution >= 0.6 is 15.2 Å². The van der Waals surface area contributed by atoms with E-state index in [-0.39, 0.29) is 32.8 Å². The van der Waals surface area contributed by atoms with Crippen LogP contribution in [0.25, 0.3) is 0 Å². The van der Waals surface area contributed by atoms with Gasteiger partial charge in [0.15, 0.2) is 0 Å². The van der Waals surface area contributed by atoms with Crippen molar-refractivity contribution in [3.8, 4) is 0 Å². The maximum Gasteiger partial charge on any atom is 0.380 e. The van der Waals surface area contributed by atoms with Gasteiger partial charge in [0.05, 0.1) is 26.4 Å². The minimum absolute atomic E-state index is 0.0344. The van der Waals surface area contributed by atoms with Gasteiger partial charge in [-0.1, -0.05) is 13.3 Å². The van der Waals surface area contributed by atoms with Crippen LogP contribution in [0.5, 0.6) is 0 Å². The molecule has 0 bridgehead atoms. The second kappa shape index (κ2) is 10.2. The van der Waals surface area contributed by atoms with E-state index < -0.39 is 20.3 Å². The van der Waals surface area contributed by atoms with Gasteiger partial charge in [0, 0.05) is 6.42 Å². The van der Waals surface area contributed by atoms with Gasteiger partial charge >= 0.3 is 20.3 Å². The van der Waals surface area contributed by atoms with Gasteiger partial charge in [0.25, 0.3) is 0 Å². The molecule has 0 rings (SSSR count). The average Bonchev–Trinajstić information content (AvgIpc) is 2.45. The molecule has 0 N–H and O–H groups in total. The molecule has 6 nitrogen and oxygen atoms in total. The summed E-state index contributed by atoms with van der Waals surface area (Å²) in [7, 11) is -8.66. The fourth-order valence-corrected chi connectivity index (χ4v) is 7.03. The summed E-state index contributed by atoms with van der Waals surface area (Å²) in [6.45, 7) is 7.98. The second-order valence-corrected chi connectivity index (χ2v) is 9.28. The Hall–Kier alpha value is 0.230. The largest absolute Gasteiger partial charge is 0.380 e. The first-order chi connectivity index (χ1) is 10.3. The highest BCUT2D eigenvalue weighted by Crippen LogP contribution is 2.80. The van der Waals surface area contributed by atoms with Gasteiger partial charge in [0.1, 0.15) is 0 Å². The van der Waals surface area contributed by atoms with Gasteiger partial charge in [-0.25, -0.2) is 4.39 Å². The third-order valence-electron chi connectivity index (χ3n) is 2.88. The lowest BCUT2D eigenvalue weighted by atomic mass is 10.3. The minimum Gasteiger partial charge on any atom is -0.306 e. The molecule has 0 spiro atoms. The Balaban J connectivity index is 5.97. The smallest absolute Gasteiger partial charge is 0.306 e. The summed E-state index contributed by atoms with van der Waals surface area (Å²) >= 11 is 0. The number of rotatable bonds is 13. The molecule has 0 saturated carbocycles. The summed E-state index contributed by atoms with van der Waals surface area (Å²) in [4.78, 5) is 0. The maximum atomic E-state index is 15.8. The van der Waals surface area contributed by atoms with Crippen molar-refractivity contribution in [3.05, 3.63) is 0 Å². The van der Waals surface area contributed by atoms with E-state index in [2.05, 4.69) is 0 Å². The molecule has 0 fully saturated rings. The highest BCUT2D eigenvalue weighted by molar-refractivity contribution is 7.73. The molecule has 0 aromatic rings. The van der Waals surface area contributed by atoms with E-state index in [0.29, 0.717) is 12.8 Å². The van der Waals surface area contributed by atoms with Crippen molar-refractivity contribution in [3.63, 3.8) is 0 Å². The molecular weight excluding hydrogens is 333 g/mol. The van der Waals surface area contributed by atoms with Crippen molar-refractivity contribution in [2.24, 2.45) is 0 Å². The Morgan fingerprint density at radius 1 is 0.773 bits per heavy atom. The molecule has 0 aliphatic carbocycles. The molecule has 0 aliphatic heterocycles. The van der Waals surface area contributed by atoms with Crippen molar-refractivity contribution < 1.29 is 31.6 Å². The summed E-state index contributed by atoms with van der Waals surface area (Å²) in [5.41, 5.74) is 0. The molecule has 0 radical (unpaired) electrons. The fourth-order valence-electron chi connectivity index (χ4n) is 1.98. The standard InChI is InChI=1S/C13H29FO6P2/c1-6-11-12-13(14,21(15,17-7-2)18-8-3)22(16,19-9-4)20-10-5/h6-12H2,1-5H3. The predicted molar refractivity (Wildman–Crippen MR) is 85.1 cm³/mol. The fraction of sp³-hybridized carbons (Fsp3) is 1.00. The third kappa shape index (κ3) is 4.86. The quantitative estimate of drug-likeness (QED) is 0.412. The van der Waals surface area contributed by atoms with Gasteiger partial charge in [0.2, 0.25) is 0 Å². The zero-order valence-electron chi connectivity index (χ0n) is 14.2.